The molecule has 0 saturated carbocycles. The minimum atomic E-state index is -4.34. The van der Waals surface area contributed by atoms with Gasteiger partial charge in [-0.1, -0.05) is 50.3 Å². The van der Waals surface area contributed by atoms with Crippen molar-refractivity contribution in [1.29, 1.82) is 0 Å². The van der Waals surface area contributed by atoms with E-state index in [4.69, 9.17) is 0 Å². The summed E-state index contributed by atoms with van der Waals surface area (Å²) >= 11 is 0. The van der Waals surface area contributed by atoms with E-state index in [1.165, 1.54) is 12.1 Å². The predicted octanol–water partition coefficient (Wildman–Crippen LogP) is -5.33. The van der Waals surface area contributed by atoms with Gasteiger partial charge in [0.25, 0.3) is 0 Å². The van der Waals surface area contributed by atoms with Crippen LogP contribution in [0.15, 0.2) is 57.3 Å². The average molecular weight is 600 g/mol. The van der Waals surface area contributed by atoms with Crippen LogP contribution in [-0.2, 0) is 20.2 Å². The van der Waals surface area contributed by atoms with Crippen LogP contribution in [0.5, 0.6) is 0 Å². The van der Waals surface area contributed by atoms with Gasteiger partial charge in [0, 0.05) is 4.90 Å². The number of Topliss-reactive ketones (excluding diaryl/α,β-unsaturated/α-hetero) is 1. The Morgan fingerprint density at radius 3 is 2.38 bits per heavy atom. The molecule has 0 bridgehead atoms. The third kappa shape index (κ3) is 7.76. The molecule has 14 heteroatoms. The summed E-state index contributed by atoms with van der Waals surface area (Å²) in [4.78, 5) is 13.6. The Morgan fingerprint density at radius 2 is 1.77 bits per heavy atom. The van der Waals surface area contributed by atoms with Crippen molar-refractivity contribution in [2.45, 2.75) is 50.3 Å². The van der Waals surface area contributed by atoms with Gasteiger partial charge in [0.05, 0.1) is 28.6 Å². The Bertz CT molecular complexity index is 1420. The number of hydrogen-bond donors (Lipinski definition) is 2. The molecule has 0 fully saturated rings. The molecule has 39 heavy (non-hydrogen) atoms. The van der Waals surface area contributed by atoms with Crippen molar-refractivity contribution < 1.29 is 116 Å². The number of carbonyl (C=O) groups is 1. The molecule has 9 nitrogen and oxygen atoms in total. The summed E-state index contributed by atoms with van der Waals surface area (Å²) < 4.78 is 55.3. The number of benzene rings is 2. The normalized spacial score (nSPS) is 20.9. The summed E-state index contributed by atoms with van der Waals surface area (Å²) in [5.74, 6) is -1.02. The Hall–Kier alpha value is 0.140. The number of nitrogens with one attached hydrogen (secondary N) is 2. The maximum Gasteiger partial charge on any atom is 1.00 e. The van der Waals surface area contributed by atoms with E-state index < -0.39 is 37.8 Å². The first-order valence-corrected chi connectivity index (χ1v) is 14.9. The van der Waals surface area contributed by atoms with Crippen LogP contribution in [0.1, 0.15) is 51.2 Å². The number of nitrogens with zero attached hydrogens (tertiary/aromatic N) is 1. The number of anilines is 2. The standard InChI is InChI=1S/C25H31N3O6S2.3Na/c1-5-15(2)12-13-25(3)18-9-7-6-8-17(18)22(29)21(23(25)30)24-26-19-11-10-16(27-35(4,31)32)14-20(19)36(33,34)28-24;;;/h6-11,14-15,27,29,33-34H,5,12-13H2,1-4H3,(H,26,28);;;/q;3*+1/p-3/t15-,25?;;;/m0.../s1. The first kappa shape index (κ1) is 37.2. The zero-order chi connectivity index (χ0) is 26.5. The van der Waals surface area contributed by atoms with Crippen LogP contribution in [0.2, 0.25) is 0 Å². The van der Waals surface area contributed by atoms with Crippen molar-refractivity contribution >= 4 is 49.6 Å². The molecule has 2 N–H and O–H groups in total. The second kappa shape index (κ2) is 14.1. The van der Waals surface area contributed by atoms with E-state index >= 15 is 0 Å². The van der Waals surface area contributed by atoms with Gasteiger partial charge in [-0.3, -0.25) is 9.52 Å². The van der Waals surface area contributed by atoms with E-state index in [-0.39, 0.29) is 116 Å². The number of fused-ring (bicyclic) bond motifs is 2. The SMILES string of the molecule is CC[C@H](C)CCC1(C)C(=O)C(C2=NS([O-])([O-])c3cc(NS(C)(=O)=O)ccc3N2)=C([O-])c2ccccc21.[Na+].[Na+].[Na+]. The number of amidine groups is 1. The van der Waals surface area contributed by atoms with E-state index in [2.05, 4.69) is 28.3 Å². The quantitative estimate of drug-likeness (QED) is 0.301. The molecule has 0 amide bonds. The fourth-order valence-corrected chi connectivity index (χ4v) is 6.25. The molecule has 1 aliphatic heterocycles. The van der Waals surface area contributed by atoms with E-state index in [1.54, 1.807) is 31.2 Å². The monoisotopic (exact) mass is 599 g/mol. The summed E-state index contributed by atoms with van der Waals surface area (Å²) in [7, 11) is -7.98. The van der Waals surface area contributed by atoms with Gasteiger partial charge in [-0.25, -0.2) is 12.8 Å². The van der Waals surface area contributed by atoms with Crippen molar-refractivity contribution in [3.8, 4) is 0 Å². The van der Waals surface area contributed by atoms with Crippen LogP contribution >= 0.6 is 10.8 Å². The zero-order valence-corrected chi connectivity index (χ0v) is 31.1. The first-order valence-electron chi connectivity index (χ1n) is 11.6. The number of sulfonamides is 2. The van der Waals surface area contributed by atoms with Gasteiger partial charge in [-0.15, -0.1) is 0 Å². The number of ketones is 1. The molecule has 2 aliphatic rings. The van der Waals surface area contributed by atoms with E-state index in [9.17, 15) is 27.4 Å². The van der Waals surface area contributed by atoms with Gasteiger partial charge < -0.3 is 30.3 Å². The van der Waals surface area contributed by atoms with Crippen molar-refractivity contribution in [2.24, 2.45) is 10.3 Å². The van der Waals surface area contributed by atoms with Crippen LogP contribution in [0.4, 0.5) is 11.4 Å². The van der Waals surface area contributed by atoms with Crippen molar-refractivity contribution in [3.05, 3.63) is 59.2 Å². The van der Waals surface area contributed by atoms with Crippen LogP contribution in [0, 0.1) is 5.92 Å². The first-order chi connectivity index (χ1) is 16.8. The summed E-state index contributed by atoms with van der Waals surface area (Å²) in [6.45, 7) is 5.96. The Morgan fingerprint density at radius 1 is 1.13 bits per heavy atom. The summed E-state index contributed by atoms with van der Waals surface area (Å²) in [6.07, 6.45) is 3.14. The molecule has 0 aromatic heterocycles. The van der Waals surface area contributed by atoms with E-state index in [0.717, 1.165) is 25.2 Å². The molecule has 1 heterocycles. The fourth-order valence-electron chi connectivity index (χ4n) is 4.55. The number of rotatable bonds is 7. The van der Waals surface area contributed by atoms with E-state index in [0.29, 0.717) is 23.5 Å². The van der Waals surface area contributed by atoms with Gasteiger partial charge >= 0.3 is 88.7 Å². The Kier molecular flexibility index (Phi) is 13.4. The van der Waals surface area contributed by atoms with Crippen LogP contribution in [0.25, 0.3) is 5.76 Å². The van der Waals surface area contributed by atoms with Crippen molar-refractivity contribution in [1.82, 2.24) is 0 Å². The van der Waals surface area contributed by atoms with Crippen molar-refractivity contribution in [3.63, 3.8) is 0 Å². The maximum atomic E-state index is 13.9. The molecule has 0 spiro atoms. The van der Waals surface area contributed by atoms with Gasteiger partial charge in [0.15, 0.2) is 11.6 Å². The second-order valence-corrected chi connectivity index (χ2v) is 12.9. The molecule has 0 radical (unpaired) electrons. The molecule has 1 aliphatic carbocycles. The van der Waals surface area contributed by atoms with Gasteiger partial charge in [0.2, 0.25) is 10.0 Å². The maximum absolute atomic E-state index is 13.9. The molecule has 1 unspecified atom stereocenters. The summed E-state index contributed by atoms with van der Waals surface area (Å²) in [5, 5.41) is 16.3. The predicted molar refractivity (Wildman–Crippen MR) is 138 cm³/mol. The average Bonchev–Trinajstić information content (AvgIpc) is 2.80. The van der Waals surface area contributed by atoms with Gasteiger partial charge in [0.1, 0.15) is 0 Å². The van der Waals surface area contributed by atoms with E-state index in [1.807, 2.05) is 0 Å². The number of carbonyl (C=O) groups excluding carboxylic acids is 1. The molecule has 2 aromatic rings. The summed E-state index contributed by atoms with van der Waals surface area (Å²) in [5.41, 5.74) is -0.215. The van der Waals surface area contributed by atoms with Gasteiger partial charge in [-0.2, -0.15) is 0 Å². The zero-order valence-electron chi connectivity index (χ0n) is 23.5. The molecular weight excluding hydrogens is 571 g/mol. The Balaban J connectivity index is 0.00000253. The largest absolute Gasteiger partial charge is 1.00 e. The molecule has 2 atom stereocenters. The minimum Gasteiger partial charge on any atom is -0.871 e. The molecule has 194 valence electrons. The third-order valence-electron chi connectivity index (χ3n) is 6.82. The second-order valence-electron chi connectivity index (χ2n) is 9.59. The molecular formula is C25H28N3Na3O6S2. The third-order valence-corrected chi connectivity index (χ3v) is 8.74. The fraction of sp³-hybridized carbons (Fsp3) is 0.360. The Labute approximate surface area is 298 Å². The molecule has 2 aromatic carbocycles. The van der Waals surface area contributed by atoms with Gasteiger partial charge in [-0.05, 0) is 55.0 Å². The van der Waals surface area contributed by atoms with Crippen LogP contribution < -0.4 is 104 Å². The molecule has 4 rings (SSSR count). The number of hydrogen-bond acceptors (Lipinski definition) is 8. The van der Waals surface area contributed by atoms with Crippen LogP contribution in [-0.4, -0.2) is 35.4 Å². The minimum absolute atomic E-state index is 0. The summed E-state index contributed by atoms with van der Waals surface area (Å²) in [6, 6.07) is 10.8. The topological polar surface area (TPSA) is 157 Å². The van der Waals surface area contributed by atoms with Crippen LogP contribution in [0.3, 0.4) is 0 Å². The molecule has 0 saturated heterocycles. The van der Waals surface area contributed by atoms with Crippen molar-refractivity contribution in [2.75, 3.05) is 16.3 Å². The smallest absolute Gasteiger partial charge is 0.871 e.